The maximum absolute atomic E-state index is 12.0. The van der Waals surface area contributed by atoms with Crippen LogP contribution in [0.3, 0.4) is 0 Å². The Bertz CT molecular complexity index is 326. The first kappa shape index (κ1) is 11.5. The molecule has 84 valence electrons. The van der Waals surface area contributed by atoms with Gasteiger partial charge in [0.1, 0.15) is 13.0 Å². The van der Waals surface area contributed by atoms with Crippen LogP contribution in [0.2, 0.25) is 0 Å². The lowest BCUT2D eigenvalue weighted by molar-refractivity contribution is -0.161. The van der Waals surface area contributed by atoms with E-state index >= 15 is 0 Å². The summed E-state index contributed by atoms with van der Waals surface area (Å²) in [4.78, 5) is 33.5. The van der Waals surface area contributed by atoms with Gasteiger partial charge in [0, 0.05) is 7.05 Å². The van der Waals surface area contributed by atoms with E-state index in [1.807, 2.05) is 0 Å². The van der Waals surface area contributed by atoms with Gasteiger partial charge in [0.05, 0.1) is 0 Å². The molecule has 1 aliphatic rings. The van der Waals surface area contributed by atoms with Gasteiger partial charge in [-0.3, -0.25) is 19.4 Å². The Hall–Kier alpha value is -1.60. The number of carbonyl (C=O) groups is 3. The van der Waals surface area contributed by atoms with Gasteiger partial charge in [0.2, 0.25) is 11.8 Å². The zero-order valence-electron chi connectivity index (χ0n) is 7.67. The first-order chi connectivity index (χ1) is 6.72. The third-order valence-corrected chi connectivity index (χ3v) is 1.83. The molecule has 8 heteroatoms. The number of carbonyl (C=O) groups excluding carboxylic acids is 3. The van der Waals surface area contributed by atoms with Gasteiger partial charge in [0.15, 0.2) is 0 Å². The summed E-state index contributed by atoms with van der Waals surface area (Å²) in [6.07, 6.45) is -5.37. The Morgan fingerprint density at radius 2 is 1.73 bits per heavy atom. The summed E-state index contributed by atoms with van der Waals surface area (Å²) in [5.41, 5.74) is 0. The third-order valence-electron chi connectivity index (χ3n) is 1.83. The molecular formula is C7H7F3N2O3. The van der Waals surface area contributed by atoms with E-state index in [1.54, 1.807) is 0 Å². The standard InChI is InChI=1S/C7H7F3N2O3/c1-11-4(13)2-5(14)12(6(11)15)3-7(8,9)10/h2-3H2,1H3. The van der Waals surface area contributed by atoms with Gasteiger partial charge in [-0.25, -0.2) is 4.79 Å². The fourth-order valence-corrected chi connectivity index (χ4v) is 1.07. The lowest BCUT2D eigenvalue weighted by Crippen LogP contribution is -2.55. The van der Waals surface area contributed by atoms with E-state index in [4.69, 9.17) is 0 Å². The molecule has 0 aromatic rings. The molecule has 5 nitrogen and oxygen atoms in total. The van der Waals surface area contributed by atoms with Gasteiger partial charge in [-0.05, 0) is 0 Å². The van der Waals surface area contributed by atoms with Crippen LogP contribution in [0, 0.1) is 0 Å². The average molecular weight is 224 g/mol. The molecule has 1 heterocycles. The Balaban J connectivity index is 2.84. The quantitative estimate of drug-likeness (QED) is 0.604. The zero-order chi connectivity index (χ0) is 11.8. The molecule has 0 unspecified atom stereocenters. The van der Waals surface area contributed by atoms with Crippen LogP contribution in [0.15, 0.2) is 0 Å². The van der Waals surface area contributed by atoms with Crippen LogP contribution in [0.1, 0.15) is 6.42 Å². The van der Waals surface area contributed by atoms with E-state index in [0.29, 0.717) is 4.90 Å². The molecular weight excluding hydrogens is 217 g/mol. The van der Waals surface area contributed by atoms with Gasteiger partial charge in [0.25, 0.3) is 0 Å². The van der Waals surface area contributed by atoms with Crippen LogP contribution in [-0.2, 0) is 9.59 Å². The summed E-state index contributed by atoms with van der Waals surface area (Å²) < 4.78 is 35.9. The maximum Gasteiger partial charge on any atom is 0.406 e. The molecule has 0 atom stereocenters. The van der Waals surface area contributed by atoms with Gasteiger partial charge < -0.3 is 0 Å². The molecule has 1 fully saturated rings. The van der Waals surface area contributed by atoms with E-state index < -0.39 is 37.0 Å². The normalized spacial score (nSPS) is 18.8. The predicted molar refractivity (Wildman–Crippen MR) is 40.6 cm³/mol. The second kappa shape index (κ2) is 3.52. The fraction of sp³-hybridized carbons (Fsp3) is 0.571. The number of barbiturate groups is 1. The molecule has 1 aliphatic heterocycles. The molecule has 15 heavy (non-hydrogen) atoms. The molecule has 1 saturated heterocycles. The fourth-order valence-electron chi connectivity index (χ4n) is 1.07. The highest BCUT2D eigenvalue weighted by Crippen LogP contribution is 2.20. The monoisotopic (exact) mass is 224 g/mol. The summed E-state index contributed by atoms with van der Waals surface area (Å²) in [6, 6.07) is -1.24. The Morgan fingerprint density at radius 3 is 2.20 bits per heavy atom. The minimum atomic E-state index is -4.66. The third kappa shape index (κ3) is 2.45. The highest BCUT2D eigenvalue weighted by atomic mass is 19.4. The highest BCUT2D eigenvalue weighted by Gasteiger charge is 2.42. The van der Waals surface area contributed by atoms with E-state index in [1.165, 1.54) is 0 Å². The molecule has 0 aromatic carbocycles. The smallest absolute Gasteiger partial charge is 0.274 e. The summed E-state index contributed by atoms with van der Waals surface area (Å²) in [5, 5.41) is 0. The second-order valence-corrected chi connectivity index (χ2v) is 3.01. The lowest BCUT2D eigenvalue weighted by Gasteiger charge is -2.30. The van der Waals surface area contributed by atoms with E-state index in [2.05, 4.69) is 0 Å². The Labute approximate surface area is 82.4 Å². The van der Waals surface area contributed by atoms with Crippen molar-refractivity contribution in [1.82, 2.24) is 9.80 Å². The molecule has 0 spiro atoms. The zero-order valence-corrected chi connectivity index (χ0v) is 7.67. The van der Waals surface area contributed by atoms with Crippen LogP contribution >= 0.6 is 0 Å². The van der Waals surface area contributed by atoms with Crippen molar-refractivity contribution in [3.05, 3.63) is 0 Å². The van der Waals surface area contributed by atoms with Crippen molar-refractivity contribution in [2.75, 3.05) is 13.6 Å². The molecule has 0 aromatic heterocycles. The van der Waals surface area contributed by atoms with E-state index in [0.717, 1.165) is 7.05 Å². The van der Waals surface area contributed by atoms with Gasteiger partial charge >= 0.3 is 12.2 Å². The van der Waals surface area contributed by atoms with Crippen LogP contribution in [0.5, 0.6) is 0 Å². The van der Waals surface area contributed by atoms with Crippen molar-refractivity contribution in [3.63, 3.8) is 0 Å². The number of rotatable bonds is 1. The van der Waals surface area contributed by atoms with Crippen molar-refractivity contribution in [1.29, 1.82) is 0 Å². The topological polar surface area (TPSA) is 57.7 Å². The average Bonchev–Trinajstić information content (AvgIpc) is 2.07. The maximum atomic E-state index is 12.0. The number of urea groups is 1. The van der Waals surface area contributed by atoms with Crippen LogP contribution in [0.25, 0.3) is 0 Å². The second-order valence-electron chi connectivity index (χ2n) is 3.01. The number of hydrogen-bond acceptors (Lipinski definition) is 3. The first-order valence-electron chi connectivity index (χ1n) is 3.90. The van der Waals surface area contributed by atoms with Crippen molar-refractivity contribution in [2.45, 2.75) is 12.6 Å². The minimum Gasteiger partial charge on any atom is -0.274 e. The van der Waals surface area contributed by atoms with Crippen LogP contribution in [0.4, 0.5) is 18.0 Å². The van der Waals surface area contributed by atoms with E-state index in [-0.39, 0.29) is 4.90 Å². The number of hydrogen-bond donors (Lipinski definition) is 0. The Kier molecular flexibility index (Phi) is 2.69. The summed E-state index contributed by atoms with van der Waals surface area (Å²) in [5.74, 6) is -1.93. The molecule has 0 radical (unpaired) electrons. The number of halogens is 3. The SMILES string of the molecule is CN1C(=O)CC(=O)N(CC(F)(F)F)C1=O. The number of imide groups is 2. The van der Waals surface area contributed by atoms with E-state index in [9.17, 15) is 27.6 Å². The number of nitrogens with zero attached hydrogens (tertiary/aromatic N) is 2. The first-order valence-corrected chi connectivity index (χ1v) is 3.90. The number of amides is 4. The molecule has 4 amide bonds. The van der Waals surface area contributed by atoms with Crippen molar-refractivity contribution < 1.29 is 27.6 Å². The summed E-state index contributed by atoms with van der Waals surface area (Å²) >= 11 is 0. The molecule has 0 saturated carbocycles. The van der Waals surface area contributed by atoms with Gasteiger partial charge in [-0.15, -0.1) is 0 Å². The van der Waals surface area contributed by atoms with Crippen molar-refractivity contribution >= 4 is 17.8 Å². The molecule has 0 aliphatic carbocycles. The van der Waals surface area contributed by atoms with Gasteiger partial charge in [-0.2, -0.15) is 13.2 Å². The van der Waals surface area contributed by atoms with Crippen molar-refractivity contribution in [3.8, 4) is 0 Å². The van der Waals surface area contributed by atoms with Crippen LogP contribution < -0.4 is 0 Å². The highest BCUT2D eigenvalue weighted by molar-refractivity contribution is 6.13. The largest absolute Gasteiger partial charge is 0.406 e. The van der Waals surface area contributed by atoms with Crippen LogP contribution in [-0.4, -0.2) is 47.4 Å². The number of alkyl halides is 3. The Morgan fingerprint density at radius 1 is 1.20 bits per heavy atom. The summed E-state index contributed by atoms with van der Waals surface area (Å²) in [6.45, 7) is -1.66. The minimum absolute atomic E-state index is 0.0153. The lowest BCUT2D eigenvalue weighted by atomic mass is 10.2. The molecule has 0 N–H and O–H groups in total. The molecule has 1 rings (SSSR count). The predicted octanol–water partition coefficient (Wildman–Crippen LogP) is 0.359. The van der Waals surface area contributed by atoms with Crippen molar-refractivity contribution in [2.24, 2.45) is 0 Å². The molecule has 0 bridgehead atoms. The summed E-state index contributed by atoms with van der Waals surface area (Å²) in [7, 11) is 1.03. The van der Waals surface area contributed by atoms with Gasteiger partial charge in [-0.1, -0.05) is 0 Å².